The molecule has 23 heavy (non-hydrogen) atoms. The van der Waals surface area contributed by atoms with E-state index in [4.69, 9.17) is 16.3 Å². The molecule has 1 aromatic heterocycles. The number of nitrogens with zero attached hydrogens (tertiary/aromatic N) is 3. The van der Waals surface area contributed by atoms with Crippen LogP contribution in [0.5, 0.6) is 0 Å². The predicted octanol–water partition coefficient (Wildman–Crippen LogP) is 4.13. The second-order valence-corrected chi connectivity index (χ2v) is 8.15. The number of ether oxygens (including phenoxy) is 1. The minimum absolute atomic E-state index is 0.283. The Morgan fingerprint density at radius 2 is 1.96 bits per heavy atom. The van der Waals surface area contributed by atoms with E-state index in [1.54, 1.807) is 6.08 Å². The van der Waals surface area contributed by atoms with Crippen LogP contribution in [0.15, 0.2) is 10.7 Å². The molecule has 3 heterocycles. The molecule has 0 atom stereocenters. The minimum atomic E-state index is -0.432. The molecule has 0 unspecified atom stereocenters. The standard InChI is InChI=1S/C16H20ClN3O2S/c1-16(2,3)14-18-10(13(21)22-14)9-11-12(17)19-15(23-11)20-7-5-4-6-8-20/h9H,4-8H2,1-3H3/b10-9-. The van der Waals surface area contributed by atoms with Gasteiger partial charge in [-0.15, -0.1) is 0 Å². The van der Waals surface area contributed by atoms with Gasteiger partial charge in [-0.05, 0) is 25.3 Å². The van der Waals surface area contributed by atoms with Gasteiger partial charge in [-0.1, -0.05) is 43.7 Å². The number of rotatable bonds is 2. The molecule has 0 amide bonds. The number of carbonyl (C=O) groups excluding carboxylic acids is 1. The molecule has 2 aliphatic heterocycles. The van der Waals surface area contributed by atoms with Crippen LogP contribution >= 0.6 is 22.9 Å². The summed E-state index contributed by atoms with van der Waals surface area (Å²) in [7, 11) is 0. The van der Waals surface area contributed by atoms with E-state index in [0.29, 0.717) is 11.1 Å². The number of piperidine rings is 1. The molecule has 7 heteroatoms. The van der Waals surface area contributed by atoms with Gasteiger partial charge >= 0.3 is 5.97 Å². The van der Waals surface area contributed by atoms with Crippen LogP contribution in [0.1, 0.15) is 44.9 Å². The first-order valence-electron chi connectivity index (χ1n) is 7.79. The van der Waals surface area contributed by atoms with Crippen molar-refractivity contribution < 1.29 is 9.53 Å². The lowest BCUT2D eigenvalue weighted by Crippen LogP contribution is -2.29. The normalized spacial score (nSPS) is 20.9. The molecule has 1 saturated heterocycles. The summed E-state index contributed by atoms with van der Waals surface area (Å²) in [6, 6.07) is 0. The number of halogens is 1. The maximum absolute atomic E-state index is 12.0. The van der Waals surface area contributed by atoms with Crippen LogP contribution in [0.2, 0.25) is 5.15 Å². The van der Waals surface area contributed by atoms with E-state index in [-0.39, 0.29) is 11.1 Å². The van der Waals surface area contributed by atoms with Gasteiger partial charge in [-0.3, -0.25) is 0 Å². The van der Waals surface area contributed by atoms with Crippen LogP contribution in [-0.2, 0) is 9.53 Å². The van der Waals surface area contributed by atoms with Crippen LogP contribution in [0, 0.1) is 5.41 Å². The van der Waals surface area contributed by atoms with E-state index in [2.05, 4.69) is 14.9 Å². The Hall–Kier alpha value is -1.40. The molecule has 5 nitrogen and oxygen atoms in total. The second kappa shape index (κ2) is 6.24. The van der Waals surface area contributed by atoms with Gasteiger partial charge in [0, 0.05) is 18.5 Å². The summed E-state index contributed by atoms with van der Waals surface area (Å²) in [5.41, 5.74) is -0.0208. The number of cyclic esters (lactones) is 1. The first kappa shape index (κ1) is 16.5. The van der Waals surface area contributed by atoms with E-state index >= 15 is 0 Å². The third kappa shape index (κ3) is 3.58. The summed E-state index contributed by atoms with van der Waals surface area (Å²) >= 11 is 7.74. The number of esters is 1. The summed E-state index contributed by atoms with van der Waals surface area (Å²) in [5, 5.41) is 1.32. The number of hydrogen-bond acceptors (Lipinski definition) is 6. The topological polar surface area (TPSA) is 54.8 Å². The summed E-state index contributed by atoms with van der Waals surface area (Å²) < 4.78 is 5.25. The minimum Gasteiger partial charge on any atom is -0.406 e. The predicted molar refractivity (Wildman–Crippen MR) is 94.1 cm³/mol. The SMILES string of the molecule is CC(C)(C)C1=N/C(=C\c2sc(N3CCCCC3)nc2Cl)C(=O)O1. The highest BCUT2D eigenvalue weighted by atomic mass is 35.5. The monoisotopic (exact) mass is 353 g/mol. The highest BCUT2D eigenvalue weighted by Crippen LogP contribution is 2.34. The fourth-order valence-corrected chi connectivity index (χ4v) is 3.71. The Morgan fingerprint density at radius 3 is 2.57 bits per heavy atom. The van der Waals surface area contributed by atoms with Gasteiger partial charge in [0.05, 0.1) is 4.88 Å². The first-order chi connectivity index (χ1) is 10.8. The van der Waals surface area contributed by atoms with Crippen molar-refractivity contribution in [1.82, 2.24) is 4.98 Å². The Morgan fingerprint density at radius 1 is 1.26 bits per heavy atom. The zero-order chi connectivity index (χ0) is 16.6. The largest absolute Gasteiger partial charge is 0.406 e. The molecule has 124 valence electrons. The van der Waals surface area contributed by atoms with Crippen molar-refractivity contribution >= 4 is 46.0 Å². The molecule has 1 aromatic rings. The van der Waals surface area contributed by atoms with Gasteiger partial charge in [0.1, 0.15) is 5.15 Å². The van der Waals surface area contributed by atoms with Crippen molar-refractivity contribution in [2.24, 2.45) is 10.4 Å². The van der Waals surface area contributed by atoms with Gasteiger partial charge in [0.2, 0.25) is 5.90 Å². The molecule has 0 N–H and O–H groups in total. The lowest BCUT2D eigenvalue weighted by molar-refractivity contribution is -0.130. The van der Waals surface area contributed by atoms with E-state index in [0.717, 1.165) is 23.1 Å². The number of aliphatic imine (C=N–C) groups is 1. The lowest BCUT2D eigenvalue weighted by Gasteiger charge is -2.25. The van der Waals surface area contributed by atoms with E-state index in [9.17, 15) is 4.79 Å². The zero-order valence-corrected chi connectivity index (χ0v) is 15.1. The third-order valence-electron chi connectivity index (χ3n) is 3.75. The molecular weight excluding hydrogens is 334 g/mol. The van der Waals surface area contributed by atoms with Crippen molar-refractivity contribution in [3.05, 3.63) is 15.7 Å². The Labute approximate surface area is 145 Å². The molecule has 3 rings (SSSR count). The van der Waals surface area contributed by atoms with Gasteiger partial charge in [-0.2, -0.15) is 0 Å². The number of aromatic nitrogens is 1. The number of hydrogen-bond donors (Lipinski definition) is 0. The van der Waals surface area contributed by atoms with Gasteiger partial charge in [0.15, 0.2) is 10.8 Å². The smallest absolute Gasteiger partial charge is 0.363 e. The average Bonchev–Trinajstić information content (AvgIpc) is 3.04. The number of carbonyl (C=O) groups is 1. The quantitative estimate of drug-likeness (QED) is 0.592. The Bertz CT molecular complexity index is 682. The molecule has 0 aromatic carbocycles. The van der Waals surface area contributed by atoms with Crippen molar-refractivity contribution in [2.45, 2.75) is 40.0 Å². The average molecular weight is 354 g/mol. The van der Waals surface area contributed by atoms with Gasteiger partial charge in [0.25, 0.3) is 0 Å². The highest BCUT2D eigenvalue weighted by Gasteiger charge is 2.32. The van der Waals surface area contributed by atoms with E-state index < -0.39 is 5.97 Å². The molecule has 0 bridgehead atoms. The Balaban J connectivity index is 1.86. The third-order valence-corrected chi connectivity index (χ3v) is 5.22. The van der Waals surface area contributed by atoms with Gasteiger partial charge in [-0.25, -0.2) is 14.8 Å². The molecule has 0 spiro atoms. The van der Waals surface area contributed by atoms with Crippen LogP contribution in [0.4, 0.5) is 5.13 Å². The van der Waals surface area contributed by atoms with Crippen molar-refractivity contribution in [3.63, 3.8) is 0 Å². The van der Waals surface area contributed by atoms with Crippen LogP contribution in [0.25, 0.3) is 6.08 Å². The fraction of sp³-hybridized carbons (Fsp3) is 0.562. The summed E-state index contributed by atoms with van der Waals surface area (Å²) in [4.78, 5) is 23.7. The summed E-state index contributed by atoms with van der Waals surface area (Å²) in [6.07, 6.45) is 5.30. The number of anilines is 1. The molecule has 0 radical (unpaired) electrons. The van der Waals surface area contributed by atoms with Crippen molar-refractivity contribution in [3.8, 4) is 0 Å². The Kier molecular flexibility index (Phi) is 4.47. The van der Waals surface area contributed by atoms with Crippen LogP contribution < -0.4 is 4.90 Å². The van der Waals surface area contributed by atoms with Crippen LogP contribution in [-0.4, -0.2) is 29.9 Å². The number of thiazole rings is 1. The van der Waals surface area contributed by atoms with Gasteiger partial charge < -0.3 is 9.64 Å². The fourth-order valence-electron chi connectivity index (χ4n) is 2.47. The lowest BCUT2D eigenvalue weighted by atomic mass is 9.97. The first-order valence-corrected chi connectivity index (χ1v) is 8.98. The molecular formula is C16H20ClN3O2S. The second-order valence-electron chi connectivity index (χ2n) is 6.79. The highest BCUT2D eigenvalue weighted by molar-refractivity contribution is 7.17. The van der Waals surface area contributed by atoms with Crippen LogP contribution in [0.3, 0.4) is 0 Å². The van der Waals surface area contributed by atoms with E-state index in [1.807, 2.05) is 20.8 Å². The van der Waals surface area contributed by atoms with E-state index in [1.165, 1.54) is 30.6 Å². The maximum atomic E-state index is 12.0. The summed E-state index contributed by atoms with van der Waals surface area (Å²) in [5.74, 6) is 0.00422. The molecule has 1 fully saturated rings. The zero-order valence-electron chi connectivity index (χ0n) is 13.6. The molecule has 2 aliphatic rings. The van der Waals surface area contributed by atoms with Crippen molar-refractivity contribution in [1.29, 1.82) is 0 Å². The molecule has 0 aliphatic carbocycles. The van der Waals surface area contributed by atoms with Crippen molar-refractivity contribution in [2.75, 3.05) is 18.0 Å². The molecule has 0 saturated carbocycles. The summed E-state index contributed by atoms with van der Waals surface area (Å²) in [6.45, 7) is 7.88. The maximum Gasteiger partial charge on any atom is 0.363 e.